The van der Waals surface area contributed by atoms with E-state index in [0.717, 1.165) is 25.5 Å². The van der Waals surface area contributed by atoms with Crippen LogP contribution in [0.2, 0.25) is 0 Å². The molecule has 1 aromatic heterocycles. The molecule has 2 aromatic rings. The van der Waals surface area contributed by atoms with Crippen molar-refractivity contribution in [2.24, 2.45) is 0 Å². The molecule has 1 aliphatic heterocycles. The van der Waals surface area contributed by atoms with Gasteiger partial charge in [-0.3, -0.25) is 4.79 Å². The Labute approximate surface area is 137 Å². The number of likely N-dealkylation sites (N-methyl/N-ethyl adjacent to an activating group) is 1. The maximum Gasteiger partial charge on any atom is 0.416 e. The zero-order chi connectivity index (χ0) is 17.3. The van der Waals surface area contributed by atoms with Gasteiger partial charge in [0.2, 0.25) is 0 Å². The predicted molar refractivity (Wildman–Crippen MR) is 82.9 cm³/mol. The Hall–Kier alpha value is -2.02. The summed E-state index contributed by atoms with van der Waals surface area (Å²) in [6, 6.07) is 7.04. The monoisotopic (exact) mass is 340 g/mol. The molecule has 24 heavy (non-hydrogen) atoms. The maximum absolute atomic E-state index is 12.9. The molecule has 1 fully saturated rings. The van der Waals surface area contributed by atoms with Gasteiger partial charge in [0.1, 0.15) is 5.76 Å². The third-order valence-electron chi connectivity index (χ3n) is 4.68. The van der Waals surface area contributed by atoms with Gasteiger partial charge in [-0.2, -0.15) is 18.3 Å². The number of hydrogen-bond acceptors (Lipinski definition) is 3. The first kappa shape index (κ1) is 16.8. The molecule has 1 N–H and O–H groups in total. The first-order valence-corrected chi connectivity index (χ1v) is 7.87. The summed E-state index contributed by atoms with van der Waals surface area (Å²) in [5.74, 6) is 0.734. The number of alkyl halides is 3. The van der Waals surface area contributed by atoms with Crippen LogP contribution in [0.15, 0.2) is 39.6 Å². The van der Waals surface area contributed by atoms with E-state index in [0.29, 0.717) is 17.7 Å². The number of aromatic nitrogens is 1. The van der Waals surface area contributed by atoms with E-state index in [2.05, 4.69) is 10.1 Å². The largest absolute Gasteiger partial charge is 0.416 e. The van der Waals surface area contributed by atoms with Crippen molar-refractivity contribution in [3.63, 3.8) is 0 Å². The SMILES string of the molecule is CN1CC[C@H](c2cc(=O)[nH]o2)C[C@H]1Cc1cccc(C(F)(F)F)c1. The van der Waals surface area contributed by atoms with E-state index in [1.807, 2.05) is 7.05 Å². The van der Waals surface area contributed by atoms with Crippen LogP contribution in [0, 0.1) is 0 Å². The molecular formula is C17H19F3N2O2. The number of piperidine rings is 1. The number of likely N-dealkylation sites (tertiary alicyclic amines) is 1. The maximum atomic E-state index is 12.9. The van der Waals surface area contributed by atoms with Gasteiger partial charge in [0, 0.05) is 18.0 Å². The summed E-state index contributed by atoms with van der Waals surface area (Å²) >= 11 is 0. The Balaban J connectivity index is 1.74. The lowest BCUT2D eigenvalue weighted by atomic mass is 9.86. The van der Waals surface area contributed by atoms with E-state index in [4.69, 9.17) is 4.52 Å². The summed E-state index contributed by atoms with van der Waals surface area (Å²) < 4.78 is 43.8. The zero-order valence-corrected chi connectivity index (χ0v) is 13.3. The third-order valence-corrected chi connectivity index (χ3v) is 4.68. The summed E-state index contributed by atoms with van der Waals surface area (Å²) in [6.07, 6.45) is -2.19. The second kappa shape index (κ2) is 6.47. The van der Waals surface area contributed by atoms with Crippen LogP contribution in [0.4, 0.5) is 13.2 Å². The molecule has 0 spiro atoms. The molecule has 7 heteroatoms. The standard InChI is InChI=1S/C17H19F3N2O2/c1-22-6-5-12(15-10-16(23)21-24-15)9-14(22)8-11-3-2-4-13(7-11)17(18,19)20/h2-4,7,10,12,14H,5-6,8-9H2,1H3,(H,21,23)/t12-,14+/m0/s1. The summed E-state index contributed by atoms with van der Waals surface area (Å²) in [7, 11) is 1.97. The molecule has 4 nitrogen and oxygen atoms in total. The third kappa shape index (κ3) is 3.72. The molecule has 130 valence electrons. The Morgan fingerprint density at radius 3 is 2.79 bits per heavy atom. The van der Waals surface area contributed by atoms with Crippen molar-refractivity contribution in [1.82, 2.24) is 10.1 Å². The molecule has 3 rings (SSSR count). The lowest BCUT2D eigenvalue weighted by Crippen LogP contribution is -2.40. The Kier molecular flexibility index (Phi) is 4.54. The van der Waals surface area contributed by atoms with Crippen molar-refractivity contribution < 1.29 is 17.7 Å². The zero-order valence-electron chi connectivity index (χ0n) is 13.3. The van der Waals surface area contributed by atoms with Gasteiger partial charge in [0.05, 0.1) is 5.56 Å². The first-order valence-electron chi connectivity index (χ1n) is 7.87. The average Bonchev–Trinajstić information content (AvgIpc) is 2.95. The average molecular weight is 340 g/mol. The highest BCUT2D eigenvalue weighted by molar-refractivity contribution is 5.26. The van der Waals surface area contributed by atoms with Crippen molar-refractivity contribution in [3.8, 4) is 0 Å². The van der Waals surface area contributed by atoms with Gasteiger partial charge < -0.3 is 9.42 Å². The summed E-state index contributed by atoms with van der Waals surface area (Å²) in [5, 5.41) is 2.30. The van der Waals surface area contributed by atoms with E-state index < -0.39 is 11.7 Å². The molecule has 0 radical (unpaired) electrons. The van der Waals surface area contributed by atoms with Gasteiger partial charge in [-0.05, 0) is 44.5 Å². The number of halogens is 3. The van der Waals surface area contributed by atoms with Crippen molar-refractivity contribution in [2.45, 2.75) is 37.4 Å². The van der Waals surface area contributed by atoms with Crippen LogP contribution >= 0.6 is 0 Å². The molecule has 1 aliphatic rings. The minimum atomic E-state index is -4.33. The topological polar surface area (TPSA) is 49.2 Å². The van der Waals surface area contributed by atoms with E-state index in [-0.39, 0.29) is 17.5 Å². The number of nitrogens with one attached hydrogen (secondary N) is 1. The first-order chi connectivity index (χ1) is 11.3. The highest BCUT2D eigenvalue weighted by atomic mass is 19.4. The predicted octanol–water partition coefficient (Wildman–Crippen LogP) is 3.41. The fraction of sp³-hybridized carbons (Fsp3) is 0.471. The Bertz CT molecular complexity index is 751. The number of H-pyrrole nitrogens is 1. The second-order valence-electron chi connectivity index (χ2n) is 6.37. The molecule has 1 saturated heterocycles. The molecule has 0 bridgehead atoms. The minimum absolute atomic E-state index is 0.104. The van der Waals surface area contributed by atoms with Crippen LogP contribution in [-0.4, -0.2) is 29.7 Å². The summed E-state index contributed by atoms with van der Waals surface area (Å²) in [6.45, 7) is 0.809. The van der Waals surface area contributed by atoms with Gasteiger partial charge in [-0.15, -0.1) is 0 Å². The number of nitrogens with zero attached hydrogens (tertiary/aromatic N) is 1. The van der Waals surface area contributed by atoms with Crippen molar-refractivity contribution in [3.05, 3.63) is 57.6 Å². The molecule has 0 unspecified atom stereocenters. The van der Waals surface area contributed by atoms with Crippen LogP contribution in [-0.2, 0) is 12.6 Å². The quantitative estimate of drug-likeness (QED) is 0.932. The van der Waals surface area contributed by atoms with E-state index in [1.54, 1.807) is 6.07 Å². The fourth-order valence-electron chi connectivity index (χ4n) is 3.31. The van der Waals surface area contributed by atoms with Crippen LogP contribution in [0.5, 0.6) is 0 Å². The lowest BCUT2D eigenvalue weighted by molar-refractivity contribution is -0.137. The van der Waals surface area contributed by atoms with Gasteiger partial charge in [0.25, 0.3) is 5.56 Å². The van der Waals surface area contributed by atoms with E-state index in [9.17, 15) is 18.0 Å². The molecule has 0 saturated carbocycles. The fourth-order valence-corrected chi connectivity index (χ4v) is 3.31. The molecule has 0 aliphatic carbocycles. The number of rotatable bonds is 3. The van der Waals surface area contributed by atoms with Crippen LogP contribution in [0.1, 0.15) is 35.6 Å². The second-order valence-corrected chi connectivity index (χ2v) is 6.37. The van der Waals surface area contributed by atoms with Crippen LogP contribution < -0.4 is 5.56 Å². The van der Waals surface area contributed by atoms with Gasteiger partial charge >= 0.3 is 6.18 Å². The summed E-state index contributed by atoms with van der Waals surface area (Å²) in [5.41, 5.74) is -0.220. The van der Waals surface area contributed by atoms with Crippen LogP contribution in [0.3, 0.4) is 0 Å². The lowest BCUT2D eigenvalue weighted by Gasteiger charge is -2.36. The van der Waals surface area contributed by atoms with Crippen molar-refractivity contribution >= 4 is 0 Å². The Morgan fingerprint density at radius 1 is 1.33 bits per heavy atom. The normalized spacial score (nSPS) is 22.7. The Morgan fingerprint density at radius 2 is 2.12 bits per heavy atom. The number of aromatic amines is 1. The number of benzene rings is 1. The van der Waals surface area contributed by atoms with Crippen LogP contribution in [0.25, 0.3) is 0 Å². The minimum Gasteiger partial charge on any atom is -0.383 e. The molecular weight excluding hydrogens is 321 g/mol. The van der Waals surface area contributed by atoms with Crippen molar-refractivity contribution in [2.75, 3.05) is 13.6 Å². The molecule has 2 atom stereocenters. The van der Waals surface area contributed by atoms with Gasteiger partial charge in [-0.25, -0.2) is 0 Å². The van der Waals surface area contributed by atoms with E-state index >= 15 is 0 Å². The van der Waals surface area contributed by atoms with Crippen molar-refractivity contribution in [1.29, 1.82) is 0 Å². The molecule has 0 amide bonds. The highest BCUT2D eigenvalue weighted by Gasteiger charge is 2.32. The van der Waals surface area contributed by atoms with Gasteiger partial charge in [-0.1, -0.05) is 18.2 Å². The summed E-state index contributed by atoms with van der Waals surface area (Å²) in [4.78, 5) is 13.4. The molecule has 2 heterocycles. The smallest absolute Gasteiger partial charge is 0.383 e. The number of hydrogen-bond donors (Lipinski definition) is 1. The van der Waals surface area contributed by atoms with Gasteiger partial charge in [0.15, 0.2) is 0 Å². The highest BCUT2D eigenvalue weighted by Crippen LogP contribution is 2.33. The molecule has 1 aromatic carbocycles. The van der Waals surface area contributed by atoms with E-state index in [1.165, 1.54) is 18.2 Å².